The molecule has 0 radical (unpaired) electrons. The van der Waals surface area contributed by atoms with Crippen molar-refractivity contribution >= 4 is 11.6 Å². The summed E-state index contributed by atoms with van der Waals surface area (Å²) in [7, 11) is 4.06. The zero-order valence-electron chi connectivity index (χ0n) is 40.3. The molecule has 0 heterocycles. The van der Waals surface area contributed by atoms with E-state index in [1.54, 1.807) is 0 Å². The van der Waals surface area contributed by atoms with Crippen molar-refractivity contribution in [2.45, 2.75) is 229 Å². The number of unbranched alkanes of at least 4 members (excludes halogenated alkanes) is 7. The summed E-state index contributed by atoms with van der Waals surface area (Å²) in [4.78, 5) is 26.2. The third kappa shape index (κ3) is 11.2. The summed E-state index contributed by atoms with van der Waals surface area (Å²) in [6.07, 6.45) is 23.3. The molecule has 0 bridgehead atoms. The predicted molar refractivity (Wildman–Crippen MR) is 266 cm³/mol. The first-order chi connectivity index (χ1) is 28.0. The second kappa shape index (κ2) is 22.5. The van der Waals surface area contributed by atoms with Crippen LogP contribution in [0.5, 0.6) is 0 Å². The molecular weight excluding hydrogens is 745 g/mol. The van der Waals surface area contributed by atoms with Crippen molar-refractivity contribution in [1.29, 1.82) is 0 Å². The minimum Gasteiger partial charge on any atom is -0.320 e. The average Bonchev–Trinajstić information content (AvgIpc) is 3.18. The fraction of sp³-hybridized carbons (Fsp3) is 0.754. The molecule has 4 nitrogen and oxygen atoms in total. The number of fused-ring (bicyclic) bond motifs is 6. The molecule has 346 valence electrons. The van der Waals surface area contributed by atoms with E-state index >= 15 is 0 Å². The maximum atomic E-state index is 13.1. The highest BCUT2D eigenvalue weighted by Crippen LogP contribution is 2.59. The molecule has 4 heteroatoms. The molecule has 61 heavy (non-hydrogen) atoms. The monoisotopic (exact) mass is 841 g/mol. The second-order valence-electron chi connectivity index (χ2n) is 21.6. The Kier molecular flexibility index (Phi) is 19.6. The third-order valence-electron chi connectivity index (χ3n) is 17.1. The van der Waals surface area contributed by atoms with Crippen LogP contribution < -0.4 is 10.6 Å². The van der Waals surface area contributed by atoms with E-state index in [1.807, 2.05) is 27.9 Å². The molecule has 2 aromatic carbocycles. The lowest BCUT2D eigenvalue weighted by Crippen LogP contribution is -2.52. The van der Waals surface area contributed by atoms with Gasteiger partial charge in [-0.25, -0.2) is 0 Å². The third-order valence-corrected chi connectivity index (χ3v) is 17.1. The molecule has 0 amide bonds. The van der Waals surface area contributed by atoms with E-state index in [9.17, 15) is 9.59 Å². The van der Waals surface area contributed by atoms with Crippen LogP contribution in [0.3, 0.4) is 0 Å². The van der Waals surface area contributed by atoms with Gasteiger partial charge in [0.1, 0.15) is 11.6 Å². The molecule has 2 fully saturated rings. The summed E-state index contributed by atoms with van der Waals surface area (Å²) in [6, 6.07) is 10.4. The smallest absolute Gasteiger partial charge is 0.135 e. The molecule has 6 atom stereocenters. The molecule has 6 rings (SSSR count). The molecule has 0 aromatic heterocycles. The van der Waals surface area contributed by atoms with Gasteiger partial charge in [-0.15, -0.1) is 0 Å². The summed E-state index contributed by atoms with van der Waals surface area (Å²) >= 11 is 0. The zero-order valence-corrected chi connectivity index (χ0v) is 40.3. The molecule has 4 aliphatic rings. The van der Waals surface area contributed by atoms with Gasteiger partial charge in [-0.2, -0.15) is 0 Å². The van der Waals surface area contributed by atoms with Gasteiger partial charge in [-0.3, -0.25) is 9.59 Å². The quantitative estimate of drug-likeness (QED) is 0.156. The van der Waals surface area contributed by atoms with Crippen LogP contribution in [0.15, 0.2) is 24.3 Å². The number of carbonyl (C=O) groups excluding carboxylic acids is 2. The summed E-state index contributed by atoms with van der Waals surface area (Å²) in [5, 5.41) is 6.37. The minimum absolute atomic E-state index is 0. The second-order valence-corrected chi connectivity index (χ2v) is 21.6. The Hall–Kier alpha value is -2.30. The van der Waals surface area contributed by atoms with Crippen LogP contribution in [-0.2, 0) is 39.7 Å². The Morgan fingerprint density at radius 2 is 0.918 bits per heavy atom. The van der Waals surface area contributed by atoms with E-state index in [-0.39, 0.29) is 36.5 Å². The van der Waals surface area contributed by atoms with Crippen molar-refractivity contribution in [3.63, 3.8) is 0 Å². The van der Waals surface area contributed by atoms with Crippen LogP contribution in [0.25, 0.3) is 0 Å². The van der Waals surface area contributed by atoms with Crippen molar-refractivity contribution in [2.24, 2.45) is 22.7 Å². The number of ketones is 2. The highest BCUT2D eigenvalue weighted by molar-refractivity contribution is 5.83. The van der Waals surface area contributed by atoms with Gasteiger partial charge in [-0.05, 0) is 191 Å². The molecule has 2 N–H and O–H groups in total. The number of nitrogens with one attached hydrogen (secondary N) is 2. The first-order valence-electron chi connectivity index (χ1n) is 24.6. The Bertz CT molecular complexity index is 1620. The summed E-state index contributed by atoms with van der Waals surface area (Å²) < 4.78 is 0. The maximum absolute atomic E-state index is 13.1. The Morgan fingerprint density at radius 1 is 0.574 bits per heavy atom. The van der Waals surface area contributed by atoms with E-state index in [1.165, 1.54) is 122 Å². The molecule has 0 spiro atoms. The van der Waals surface area contributed by atoms with Gasteiger partial charge >= 0.3 is 0 Å². The largest absolute Gasteiger partial charge is 0.320 e. The predicted octanol–water partition coefficient (Wildman–Crippen LogP) is 14.5. The zero-order chi connectivity index (χ0) is 43.2. The van der Waals surface area contributed by atoms with E-state index in [0.717, 1.165) is 57.8 Å². The maximum Gasteiger partial charge on any atom is 0.135 e. The van der Waals surface area contributed by atoms with Gasteiger partial charge in [0, 0.05) is 10.8 Å². The fourth-order valence-corrected chi connectivity index (χ4v) is 13.3. The first-order valence-corrected chi connectivity index (χ1v) is 24.6. The number of Topliss-reactive ketones (excluding diaryl/α,β-unsaturated/α-hetero) is 2. The topological polar surface area (TPSA) is 58.2 Å². The van der Waals surface area contributed by atoms with Crippen LogP contribution >= 0.6 is 0 Å². The SMILES string of the molecule is C.C.CC(=O)C1(C)CCCC2(C)c3cc(Cc4cc5c(cc4C(C)C)CCC4C(C)(C(C)=O)CCCC54C)c(C(C)C)cc3CCC12.CNCCCCCCCCCCNC. The molecule has 4 aliphatic carbocycles. The molecular formula is C57H96N2O2. The number of rotatable bonds is 17. The van der Waals surface area contributed by atoms with Gasteiger partial charge < -0.3 is 10.6 Å². The lowest BCUT2D eigenvalue weighted by Gasteiger charge is -2.55. The summed E-state index contributed by atoms with van der Waals surface area (Å²) in [5.41, 5.74) is 11.8. The lowest BCUT2D eigenvalue weighted by atomic mass is 9.48. The van der Waals surface area contributed by atoms with Gasteiger partial charge in [0.15, 0.2) is 0 Å². The van der Waals surface area contributed by atoms with Crippen LogP contribution in [0.2, 0.25) is 0 Å². The summed E-state index contributed by atoms with van der Waals surface area (Å²) in [5.74, 6) is 2.51. The molecule has 2 saturated carbocycles. The lowest BCUT2D eigenvalue weighted by molar-refractivity contribution is -0.134. The van der Waals surface area contributed by atoms with Crippen molar-refractivity contribution in [3.8, 4) is 0 Å². The number of hydrogen-bond acceptors (Lipinski definition) is 4. The van der Waals surface area contributed by atoms with E-state index < -0.39 is 0 Å². The first kappa shape index (κ1) is 53.0. The Labute approximate surface area is 377 Å². The van der Waals surface area contributed by atoms with Crippen LogP contribution in [-0.4, -0.2) is 38.8 Å². The van der Waals surface area contributed by atoms with E-state index in [4.69, 9.17) is 0 Å². The molecule has 0 aliphatic heterocycles. The van der Waals surface area contributed by atoms with Crippen LogP contribution in [0.1, 0.15) is 243 Å². The van der Waals surface area contributed by atoms with Gasteiger partial charge in [0.05, 0.1) is 0 Å². The number of hydrogen-bond donors (Lipinski definition) is 2. The molecule has 2 aromatic rings. The van der Waals surface area contributed by atoms with Crippen molar-refractivity contribution < 1.29 is 9.59 Å². The van der Waals surface area contributed by atoms with E-state index in [2.05, 4.69) is 90.3 Å². The van der Waals surface area contributed by atoms with Crippen molar-refractivity contribution in [3.05, 3.63) is 68.8 Å². The van der Waals surface area contributed by atoms with Gasteiger partial charge in [0.25, 0.3) is 0 Å². The molecule has 0 saturated heterocycles. The van der Waals surface area contributed by atoms with Gasteiger partial charge in [-0.1, -0.05) is 146 Å². The fourth-order valence-electron chi connectivity index (χ4n) is 13.3. The Balaban J connectivity index is 0.000000536. The van der Waals surface area contributed by atoms with Crippen molar-refractivity contribution in [1.82, 2.24) is 10.6 Å². The average molecular weight is 841 g/mol. The van der Waals surface area contributed by atoms with Crippen LogP contribution in [0, 0.1) is 22.7 Å². The van der Waals surface area contributed by atoms with E-state index in [0.29, 0.717) is 35.2 Å². The Morgan fingerprint density at radius 3 is 1.23 bits per heavy atom. The summed E-state index contributed by atoms with van der Waals surface area (Å²) in [6.45, 7) is 25.0. The highest BCUT2D eigenvalue weighted by Gasteiger charge is 2.55. The standard InChI is InChI=1S/C43H60O2.C12H28N2.2CH4/c1-26(2)34-22-30-13-15-38-40(7,28(5)44)17-11-19-42(38,9)36(30)24-32(34)21-33-25-37-31(23-35(33)27(3)4)14-16-39-41(8,29(6)45)18-12-20-43(37,39)10;1-13-11-9-7-5-3-4-6-8-10-12-14-2;;/h22-27,38-39H,11-21H2,1-10H3;13-14H,3-12H2,1-2H3;2*1H4. The number of benzene rings is 2. The number of carbonyl (C=O) groups is 2. The highest BCUT2D eigenvalue weighted by atomic mass is 16.1. The normalized spacial score (nSPS) is 27.6. The minimum atomic E-state index is -0.217. The number of aryl methyl sites for hydroxylation is 2. The molecule has 6 unspecified atom stereocenters. The van der Waals surface area contributed by atoms with Crippen molar-refractivity contribution in [2.75, 3.05) is 27.2 Å². The van der Waals surface area contributed by atoms with Gasteiger partial charge in [0.2, 0.25) is 0 Å². The van der Waals surface area contributed by atoms with Crippen LogP contribution in [0.4, 0.5) is 0 Å².